The van der Waals surface area contributed by atoms with E-state index in [9.17, 15) is 9.59 Å². The van der Waals surface area contributed by atoms with Crippen LogP contribution in [0.2, 0.25) is 0 Å². The van der Waals surface area contributed by atoms with Gasteiger partial charge in [0.1, 0.15) is 6.29 Å². The molecule has 1 aromatic rings. The largest absolute Gasteiger partial charge is 0.305 e. The van der Waals surface area contributed by atoms with Crippen LogP contribution in [-0.4, -0.2) is 18.7 Å². The van der Waals surface area contributed by atoms with Crippen molar-refractivity contribution >= 4 is 17.9 Å². The van der Waals surface area contributed by atoms with Crippen LogP contribution in [0, 0.1) is 5.92 Å². The Labute approximate surface area is 121 Å². The molecule has 0 N–H and O–H groups in total. The Kier molecular flexibility index (Phi) is 5.33. The first-order valence-corrected chi connectivity index (χ1v) is 7.60. The summed E-state index contributed by atoms with van der Waals surface area (Å²) >= 11 is 0. The number of carbonyl (C=O) groups excluding carboxylic acids is 2. The van der Waals surface area contributed by atoms with Crippen molar-refractivity contribution in [1.82, 2.24) is 0 Å². The lowest BCUT2D eigenvalue weighted by Crippen LogP contribution is -2.38. The predicted molar refractivity (Wildman–Crippen MR) is 80.8 cm³/mol. The molecule has 1 aliphatic rings. The minimum Gasteiger partial charge on any atom is -0.305 e. The van der Waals surface area contributed by atoms with Gasteiger partial charge in [0.2, 0.25) is 5.91 Å². The fraction of sp³-hybridized carbons (Fsp3) is 0.529. The molecular formula is C17H23NO2. The number of aldehydes is 1. The van der Waals surface area contributed by atoms with Gasteiger partial charge in [-0.2, -0.15) is 0 Å². The Hall–Kier alpha value is -1.64. The van der Waals surface area contributed by atoms with E-state index in [0.29, 0.717) is 0 Å². The van der Waals surface area contributed by atoms with E-state index < -0.39 is 0 Å². The lowest BCUT2D eigenvalue weighted by Gasteiger charge is -2.28. The Bertz CT molecular complexity index is 464. The fourth-order valence-electron chi connectivity index (χ4n) is 2.91. The third-order valence-corrected chi connectivity index (χ3v) is 4.11. The molecule has 1 saturated carbocycles. The monoisotopic (exact) mass is 273 g/mol. The normalized spacial score (nSPS) is 15.8. The van der Waals surface area contributed by atoms with Crippen LogP contribution in [-0.2, 0) is 16.0 Å². The van der Waals surface area contributed by atoms with Gasteiger partial charge in [-0.25, -0.2) is 0 Å². The van der Waals surface area contributed by atoms with Gasteiger partial charge in [-0.1, -0.05) is 38.3 Å². The van der Waals surface area contributed by atoms with Gasteiger partial charge < -0.3 is 9.69 Å². The number of benzene rings is 1. The molecule has 0 aliphatic heterocycles. The highest BCUT2D eigenvalue weighted by molar-refractivity contribution is 5.97. The SMILES string of the molecule is CCc1cccc(N(CC=O)C(=O)C2CCCCC2)c1. The van der Waals surface area contributed by atoms with Gasteiger partial charge in [0.15, 0.2) is 0 Å². The lowest BCUT2D eigenvalue weighted by molar-refractivity contribution is -0.124. The molecule has 3 nitrogen and oxygen atoms in total. The summed E-state index contributed by atoms with van der Waals surface area (Å²) in [5, 5.41) is 0. The number of anilines is 1. The summed E-state index contributed by atoms with van der Waals surface area (Å²) < 4.78 is 0. The van der Waals surface area contributed by atoms with E-state index in [1.165, 1.54) is 12.0 Å². The maximum atomic E-state index is 12.7. The number of aryl methyl sites for hydroxylation is 1. The van der Waals surface area contributed by atoms with Crippen molar-refractivity contribution in [3.8, 4) is 0 Å². The second kappa shape index (κ2) is 7.22. The molecule has 1 aromatic carbocycles. The van der Waals surface area contributed by atoms with Gasteiger partial charge in [-0.3, -0.25) is 4.79 Å². The molecule has 108 valence electrons. The summed E-state index contributed by atoms with van der Waals surface area (Å²) in [6.45, 7) is 2.24. The summed E-state index contributed by atoms with van der Waals surface area (Å²) in [6.07, 6.45) is 7.15. The van der Waals surface area contributed by atoms with Crippen molar-refractivity contribution in [2.24, 2.45) is 5.92 Å². The summed E-state index contributed by atoms with van der Waals surface area (Å²) in [5.74, 6) is 0.207. The first-order valence-electron chi connectivity index (χ1n) is 7.60. The highest BCUT2D eigenvalue weighted by atomic mass is 16.2. The Morgan fingerprint density at radius 3 is 2.70 bits per heavy atom. The summed E-state index contributed by atoms with van der Waals surface area (Å²) in [6, 6.07) is 7.95. The number of rotatable bonds is 5. The van der Waals surface area contributed by atoms with Crippen LogP contribution in [0.25, 0.3) is 0 Å². The summed E-state index contributed by atoms with van der Waals surface area (Å²) in [7, 11) is 0. The zero-order valence-corrected chi connectivity index (χ0v) is 12.2. The van der Waals surface area contributed by atoms with Crippen LogP contribution in [0.15, 0.2) is 24.3 Å². The second-order valence-corrected chi connectivity index (χ2v) is 5.47. The zero-order chi connectivity index (χ0) is 14.4. The van der Waals surface area contributed by atoms with Crippen LogP contribution in [0.3, 0.4) is 0 Å². The average molecular weight is 273 g/mol. The van der Waals surface area contributed by atoms with Gasteiger partial charge in [-0.05, 0) is 37.0 Å². The molecule has 20 heavy (non-hydrogen) atoms. The highest BCUT2D eigenvalue weighted by Gasteiger charge is 2.26. The molecule has 0 heterocycles. The van der Waals surface area contributed by atoms with Crippen molar-refractivity contribution in [3.05, 3.63) is 29.8 Å². The smallest absolute Gasteiger partial charge is 0.230 e. The van der Waals surface area contributed by atoms with E-state index in [1.54, 1.807) is 4.90 Å². The molecule has 2 rings (SSSR count). The van der Waals surface area contributed by atoms with Gasteiger partial charge in [0.05, 0.1) is 6.54 Å². The third-order valence-electron chi connectivity index (χ3n) is 4.11. The molecule has 0 radical (unpaired) electrons. The van der Waals surface area contributed by atoms with E-state index in [1.807, 2.05) is 24.3 Å². The van der Waals surface area contributed by atoms with Crippen LogP contribution in [0.5, 0.6) is 0 Å². The zero-order valence-electron chi connectivity index (χ0n) is 12.2. The number of amides is 1. The molecule has 1 fully saturated rings. The number of carbonyl (C=O) groups is 2. The average Bonchev–Trinajstić information content (AvgIpc) is 2.53. The van der Waals surface area contributed by atoms with Crippen molar-refractivity contribution in [2.75, 3.05) is 11.4 Å². The Balaban J connectivity index is 2.20. The van der Waals surface area contributed by atoms with Crippen molar-refractivity contribution < 1.29 is 9.59 Å². The molecule has 0 aromatic heterocycles. The fourth-order valence-corrected chi connectivity index (χ4v) is 2.91. The maximum absolute atomic E-state index is 12.7. The molecule has 0 unspecified atom stereocenters. The molecule has 0 saturated heterocycles. The first-order chi connectivity index (χ1) is 9.76. The van der Waals surface area contributed by atoms with E-state index in [0.717, 1.165) is 44.1 Å². The van der Waals surface area contributed by atoms with Gasteiger partial charge in [0.25, 0.3) is 0 Å². The molecule has 3 heteroatoms. The number of nitrogens with zero attached hydrogens (tertiary/aromatic N) is 1. The Morgan fingerprint density at radius 2 is 2.05 bits per heavy atom. The number of hydrogen-bond donors (Lipinski definition) is 0. The summed E-state index contributed by atoms with van der Waals surface area (Å²) in [5.41, 5.74) is 2.04. The predicted octanol–water partition coefficient (Wildman–Crippen LogP) is 3.36. The van der Waals surface area contributed by atoms with Crippen LogP contribution < -0.4 is 4.90 Å². The quantitative estimate of drug-likeness (QED) is 0.771. The highest BCUT2D eigenvalue weighted by Crippen LogP contribution is 2.27. The topological polar surface area (TPSA) is 37.4 Å². The molecule has 0 spiro atoms. The van der Waals surface area contributed by atoms with E-state index in [4.69, 9.17) is 0 Å². The van der Waals surface area contributed by atoms with Gasteiger partial charge in [-0.15, -0.1) is 0 Å². The van der Waals surface area contributed by atoms with Crippen LogP contribution in [0.4, 0.5) is 5.69 Å². The van der Waals surface area contributed by atoms with Gasteiger partial charge >= 0.3 is 0 Å². The van der Waals surface area contributed by atoms with Crippen molar-refractivity contribution in [1.29, 1.82) is 0 Å². The summed E-state index contributed by atoms with van der Waals surface area (Å²) in [4.78, 5) is 25.2. The van der Waals surface area contributed by atoms with E-state index >= 15 is 0 Å². The van der Waals surface area contributed by atoms with E-state index in [2.05, 4.69) is 6.92 Å². The molecule has 0 atom stereocenters. The molecule has 0 bridgehead atoms. The maximum Gasteiger partial charge on any atom is 0.230 e. The third kappa shape index (κ3) is 3.47. The molecule has 1 aliphatic carbocycles. The molecule has 1 amide bonds. The van der Waals surface area contributed by atoms with Crippen molar-refractivity contribution in [2.45, 2.75) is 45.4 Å². The van der Waals surface area contributed by atoms with Crippen molar-refractivity contribution in [3.63, 3.8) is 0 Å². The molecular weight excluding hydrogens is 250 g/mol. The van der Waals surface area contributed by atoms with E-state index in [-0.39, 0.29) is 18.4 Å². The second-order valence-electron chi connectivity index (χ2n) is 5.47. The Morgan fingerprint density at radius 1 is 1.30 bits per heavy atom. The standard InChI is InChI=1S/C17H23NO2/c1-2-14-7-6-10-16(13-14)18(11-12-19)17(20)15-8-4-3-5-9-15/h6-7,10,12-13,15H,2-5,8-9,11H2,1H3. The minimum atomic E-state index is 0.0917. The van der Waals surface area contributed by atoms with Crippen LogP contribution >= 0.6 is 0 Å². The van der Waals surface area contributed by atoms with Gasteiger partial charge in [0, 0.05) is 11.6 Å². The lowest BCUT2D eigenvalue weighted by atomic mass is 9.88. The van der Waals surface area contributed by atoms with Crippen LogP contribution in [0.1, 0.15) is 44.6 Å². The minimum absolute atomic E-state index is 0.0917. The first kappa shape index (κ1) is 14.8. The number of hydrogen-bond acceptors (Lipinski definition) is 2.